The van der Waals surface area contributed by atoms with Gasteiger partial charge in [-0.15, -0.1) is 0 Å². The van der Waals surface area contributed by atoms with Gasteiger partial charge in [0.1, 0.15) is 18.1 Å². The molecule has 5 atom stereocenters. The zero-order valence-electron chi connectivity index (χ0n) is 22.7. The number of aliphatic hydroxyl groups excluding tert-OH is 1. The highest BCUT2D eigenvalue weighted by Crippen LogP contribution is 2.19. The highest BCUT2D eigenvalue weighted by atomic mass is 16.4. The highest BCUT2D eigenvalue weighted by molar-refractivity contribution is 5.94. The quantitative estimate of drug-likeness (QED) is 0.135. The van der Waals surface area contributed by atoms with Crippen LogP contribution in [0.2, 0.25) is 0 Å². The predicted octanol–water partition coefficient (Wildman–Crippen LogP) is -0.0306. The van der Waals surface area contributed by atoms with Gasteiger partial charge in [-0.1, -0.05) is 32.0 Å². The number of aliphatic carboxylic acids is 1. The first kappa shape index (κ1) is 30.3. The molecule has 3 amide bonds. The first-order valence-electron chi connectivity index (χ1n) is 13.1. The number of aliphatic hydroxyl groups is 1. The van der Waals surface area contributed by atoms with Gasteiger partial charge in [-0.25, -0.2) is 9.78 Å². The molecule has 3 rings (SSSR count). The lowest BCUT2D eigenvalue weighted by Crippen LogP contribution is -2.60. The van der Waals surface area contributed by atoms with E-state index in [9.17, 15) is 29.4 Å². The van der Waals surface area contributed by atoms with Crippen molar-refractivity contribution in [2.75, 3.05) is 0 Å². The number of aromatic amines is 2. The molecule has 0 radical (unpaired) electrons. The van der Waals surface area contributed by atoms with Gasteiger partial charge in [-0.2, -0.15) is 0 Å². The second-order valence-electron chi connectivity index (χ2n) is 10.3. The third-order valence-electron chi connectivity index (χ3n) is 6.45. The smallest absolute Gasteiger partial charge is 0.326 e. The molecule has 2 aromatic heterocycles. The van der Waals surface area contributed by atoms with E-state index in [2.05, 4.69) is 30.9 Å². The molecule has 0 aliphatic carbocycles. The number of nitrogens with zero attached hydrogens (tertiary/aromatic N) is 1. The van der Waals surface area contributed by atoms with Crippen molar-refractivity contribution in [2.24, 2.45) is 11.7 Å². The van der Waals surface area contributed by atoms with E-state index in [0.717, 1.165) is 16.5 Å². The van der Waals surface area contributed by atoms with E-state index in [1.54, 1.807) is 6.20 Å². The largest absolute Gasteiger partial charge is 0.480 e. The summed E-state index contributed by atoms with van der Waals surface area (Å²) < 4.78 is 0. The molecule has 0 saturated carbocycles. The molecular weight excluding hydrogens is 518 g/mol. The van der Waals surface area contributed by atoms with E-state index >= 15 is 0 Å². The molecule has 0 spiro atoms. The van der Waals surface area contributed by atoms with Crippen LogP contribution >= 0.6 is 0 Å². The SMILES string of the molecule is CC(C)CC(NC(=O)C(NC(=O)C(N)Cc1cnc[nH]1)C(C)O)C(=O)NC(Cc1c[nH]c2ccccc12)C(=O)O. The van der Waals surface area contributed by atoms with Crippen molar-refractivity contribution in [3.05, 3.63) is 54.2 Å². The minimum atomic E-state index is -1.40. The Morgan fingerprint density at radius 3 is 2.27 bits per heavy atom. The molecule has 216 valence electrons. The summed E-state index contributed by atoms with van der Waals surface area (Å²) in [6.45, 7) is 5.01. The monoisotopic (exact) mass is 555 g/mol. The lowest BCUT2D eigenvalue weighted by atomic mass is 10.0. The lowest BCUT2D eigenvalue weighted by Gasteiger charge is -2.27. The van der Waals surface area contributed by atoms with Gasteiger partial charge in [-0.3, -0.25) is 14.4 Å². The highest BCUT2D eigenvalue weighted by Gasteiger charge is 2.33. The molecule has 5 unspecified atom stereocenters. The molecule has 0 saturated heterocycles. The second kappa shape index (κ2) is 13.7. The molecule has 0 fully saturated rings. The topological polar surface area (TPSA) is 215 Å². The van der Waals surface area contributed by atoms with Crippen LogP contribution in [0.3, 0.4) is 0 Å². The number of nitrogens with one attached hydrogen (secondary N) is 5. The van der Waals surface area contributed by atoms with Gasteiger partial charge in [0.2, 0.25) is 17.7 Å². The number of H-pyrrole nitrogens is 2. The van der Waals surface area contributed by atoms with Crippen LogP contribution in [0, 0.1) is 5.92 Å². The summed E-state index contributed by atoms with van der Waals surface area (Å²) in [5, 5.41) is 28.5. The van der Waals surface area contributed by atoms with E-state index in [-0.39, 0.29) is 25.2 Å². The molecule has 3 aromatic rings. The number of amides is 3. The number of para-hydroxylation sites is 1. The molecule has 1 aromatic carbocycles. The van der Waals surface area contributed by atoms with Gasteiger partial charge in [-0.05, 0) is 30.9 Å². The maximum absolute atomic E-state index is 13.2. The summed E-state index contributed by atoms with van der Waals surface area (Å²) in [7, 11) is 0. The van der Waals surface area contributed by atoms with Gasteiger partial charge in [0.15, 0.2) is 0 Å². The van der Waals surface area contributed by atoms with Gasteiger partial charge in [0.25, 0.3) is 0 Å². The van der Waals surface area contributed by atoms with Crippen LogP contribution in [-0.2, 0) is 32.0 Å². The number of nitrogens with two attached hydrogens (primary N) is 1. The van der Waals surface area contributed by atoms with Crippen LogP contribution in [0.5, 0.6) is 0 Å². The van der Waals surface area contributed by atoms with Gasteiger partial charge < -0.3 is 41.9 Å². The van der Waals surface area contributed by atoms with E-state index < -0.39 is 54.0 Å². The number of carbonyl (C=O) groups is 4. The Kier molecular flexibility index (Phi) is 10.4. The molecule has 13 heteroatoms. The number of aromatic nitrogens is 3. The lowest BCUT2D eigenvalue weighted by molar-refractivity contribution is -0.142. The van der Waals surface area contributed by atoms with E-state index in [1.807, 2.05) is 38.1 Å². The van der Waals surface area contributed by atoms with E-state index in [0.29, 0.717) is 5.69 Å². The van der Waals surface area contributed by atoms with Crippen molar-refractivity contribution in [1.29, 1.82) is 0 Å². The summed E-state index contributed by atoms with van der Waals surface area (Å²) in [5.41, 5.74) is 8.13. The minimum absolute atomic E-state index is 0.0218. The van der Waals surface area contributed by atoms with Crippen LogP contribution in [-0.4, -0.2) is 79.1 Å². The molecule has 0 bridgehead atoms. The number of rotatable bonds is 14. The fourth-order valence-corrected chi connectivity index (χ4v) is 4.35. The number of hydrogen-bond acceptors (Lipinski definition) is 7. The van der Waals surface area contributed by atoms with Crippen molar-refractivity contribution in [2.45, 2.75) is 70.3 Å². The summed E-state index contributed by atoms with van der Waals surface area (Å²) >= 11 is 0. The van der Waals surface area contributed by atoms with Crippen molar-refractivity contribution in [3.63, 3.8) is 0 Å². The minimum Gasteiger partial charge on any atom is -0.480 e. The number of imidazole rings is 1. The predicted molar refractivity (Wildman–Crippen MR) is 147 cm³/mol. The fourth-order valence-electron chi connectivity index (χ4n) is 4.35. The Morgan fingerprint density at radius 2 is 1.65 bits per heavy atom. The maximum atomic E-state index is 13.2. The molecule has 0 aliphatic rings. The second-order valence-corrected chi connectivity index (χ2v) is 10.3. The Morgan fingerprint density at radius 1 is 0.950 bits per heavy atom. The number of carboxylic acids is 1. The van der Waals surface area contributed by atoms with Gasteiger partial charge in [0, 0.05) is 41.8 Å². The van der Waals surface area contributed by atoms with Crippen molar-refractivity contribution in [3.8, 4) is 0 Å². The molecule has 0 aliphatic heterocycles. The zero-order chi connectivity index (χ0) is 29.4. The number of fused-ring (bicyclic) bond motifs is 1. The Hall–Kier alpha value is -4.23. The van der Waals surface area contributed by atoms with Crippen LogP contribution < -0.4 is 21.7 Å². The summed E-state index contributed by atoms with van der Waals surface area (Å²) in [6.07, 6.45) is 3.70. The average molecular weight is 556 g/mol. The molecule has 2 heterocycles. The molecule has 13 nitrogen and oxygen atoms in total. The summed E-state index contributed by atoms with van der Waals surface area (Å²) in [4.78, 5) is 60.9. The first-order valence-corrected chi connectivity index (χ1v) is 13.1. The Labute approximate surface area is 231 Å². The molecule has 9 N–H and O–H groups in total. The molecular formula is C27H37N7O6. The molecule has 40 heavy (non-hydrogen) atoms. The van der Waals surface area contributed by atoms with Gasteiger partial charge in [0.05, 0.1) is 18.5 Å². The number of carboxylic acid groups (broad SMARTS) is 1. The number of carbonyl (C=O) groups excluding carboxylic acids is 3. The first-order chi connectivity index (χ1) is 19.0. The number of benzene rings is 1. The fraction of sp³-hybridized carbons (Fsp3) is 0.444. The average Bonchev–Trinajstić information content (AvgIpc) is 3.55. The van der Waals surface area contributed by atoms with Crippen LogP contribution in [0.25, 0.3) is 10.9 Å². The Balaban J connectivity index is 1.69. The van der Waals surface area contributed by atoms with Crippen molar-refractivity contribution < 1.29 is 29.4 Å². The Bertz CT molecular complexity index is 1300. The summed E-state index contributed by atoms with van der Waals surface area (Å²) in [6, 6.07) is 2.62. The van der Waals surface area contributed by atoms with Crippen LogP contribution in [0.1, 0.15) is 38.4 Å². The number of hydrogen-bond donors (Lipinski definition) is 8. The van der Waals surface area contributed by atoms with Gasteiger partial charge >= 0.3 is 5.97 Å². The van der Waals surface area contributed by atoms with Crippen LogP contribution in [0.4, 0.5) is 0 Å². The van der Waals surface area contributed by atoms with E-state index in [1.165, 1.54) is 19.4 Å². The maximum Gasteiger partial charge on any atom is 0.326 e. The standard InChI is InChI=1S/C27H37N7O6/c1-14(2)8-21(25(37)33-22(27(39)40)9-16-11-30-20-7-5-4-6-18(16)20)32-26(38)23(15(3)35)34-24(36)19(28)10-17-12-29-13-31-17/h4-7,11-15,19,21-23,30,35H,8-10,28H2,1-3H3,(H,29,31)(H,32,38)(H,33,37)(H,34,36)(H,39,40). The third kappa shape index (κ3) is 8.13. The normalized spacial score (nSPS) is 15.2. The third-order valence-corrected chi connectivity index (χ3v) is 6.45. The zero-order valence-corrected chi connectivity index (χ0v) is 22.7. The van der Waals surface area contributed by atoms with Crippen molar-refractivity contribution >= 4 is 34.6 Å². The van der Waals surface area contributed by atoms with Crippen molar-refractivity contribution in [1.82, 2.24) is 30.9 Å². The summed E-state index contributed by atoms with van der Waals surface area (Å²) in [5.74, 6) is -3.45. The van der Waals surface area contributed by atoms with E-state index in [4.69, 9.17) is 5.73 Å². The van der Waals surface area contributed by atoms with Crippen LogP contribution in [0.15, 0.2) is 43.0 Å².